The Bertz CT molecular complexity index is 386. The van der Waals surface area contributed by atoms with Crippen LogP contribution in [0.15, 0.2) is 24.3 Å². The van der Waals surface area contributed by atoms with Crippen LogP contribution in [-0.2, 0) is 5.60 Å². The highest BCUT2D eigenvalue weighted by molar-refractivity contribution is 5.30. The molecular formula is C16H23NO. The maximum atomic E-state index is 10.5. The number of benzene rings is 1. The molecule has 18 heavy (non-hydrogen) atoms. The Balaban J connectivity index is 1.76. The predicted molar refractivity (Wildman–Crippen MR) is 73.7 cm³/mol. The normalized spacial score (nSPS) is 29.6. The Hall–Kier alpha value is -0.860. The van der Waals surface area contributed by atoms with Crippen molar-refractivity contribution in [1.82, 2.24) is 5.32 Å². The van der Waals surface area contributed by atoms with Gasteiger partial charge < -0.3 is 10.4 Å². The van der Waals surface area contributed by atoms with E-state index >= 15 is 0 Å². The van der Waals surface area contributed by atoms with Crippen LogP contribution in [0.1, 0.15) is 55.6 Å². The lowest BCUT2D eigenvalue weighted by Crippen LogP contribution is -2.28. The van der Waals surface area contributed by atoms with E-state index in [9.17, 15) is 5.11 Å². The van der Waals surface area contributed by atoms with Crippen molar-refractivity contribution in [1.29, 1.82) is 0 Å². The minimum absolute atomic E-state index is 0.634. The molecule has 0 radical (unpaired) electrons. The van der Waals surface area contributed by atoms with Crippen LogP contribution in [0.3, 0.4) is 0 Å². The molecule has 3 rings (SSSR count). The van der Waals surface area contributed by atoms with Crippen molar-refractivity contribution in [3.8, 4) is 0 Å². The first-order valence-electron chi connectivity index (χ1n) is 7.31. The Labute approximate surface area is 109 Å². The molecule has 0 spiro atoms. The van der Waals surface area contributed by atoms with Gasteiger partial charge in [-0.2, -0.15) is 0 Å². The van der Waals surface area contributed by atoms with Gasteiger partial charge in [0.15, 0.2) is 0 Å². The molecule has 1 unspecified atom stereocenters. The topological polar surface area (TPSA) is 32.3 Å². The van der Waals surface area contributed by atoms with Crippen molar-refractivity contribution < 1.29 is 5.11 Å². The molecule has 0 aromatic heterocycles. The molecule has 1 saturated heterocycles. The third-order valence-corrected chi connectivity index (χ3v) is 4.66. The lowest BCUT2D eigenvalue weighted by molar-refractivity contribution is 0.0587. The fraction of sp³-hybridized carbons (Fsp3) is 0.625. The Morgan fingerprint density at radius 2 is 1.78 bits per heavy atom. The zero-order chi connectivity index (χ0) is 12.4. The van der Waals surface area contributed by atoms with Crippen LogP contribution >= 0.6 is 0 Å². The molecule has 1 atom stereocenters. The van der Waals surface area contributed by atoms with Crippen LogP contribution in [0.5, 0.6) is 0 Å². The Kier molecular flexibility index (Phi) is 3.40. The molecule has 0 bridgehead atoms. The minimum atomic E-state index is -0.634. The number of aliphatic hydroxyl groups is 1. The van der Waals surface area contributed by atoms with Gasteiger partial charge in [0.2, 0.25) is 0 Å². The molecule has 1 saturated carbocycles. The van der Waals surface area contributed by atoms with Crippen molar-refractivity contribution in [2.45, 2.75) is 50.0 Å². The SMILES string of the molecule is OC1(c2ccc(C3CCCCC3)cc2)CCNC1. The monoisotopic (exact) mass is 245 g/mol. The van der Waals surface area contributed by atoms with Crippen LogP contribution in [0.25, 0.3) is 0 Å². The molecule has 1 aliphatic heterocycles. The van der Waals surface area contributed by atoms with E-state index in [-0.39, 0.29) is 0 Å². The molecule has 1 aromatic carbocycles. The Morgan fingerprint density at radius 1 is 1.06 bits per heavy atom. The van der Waals surface area contributed by atoms with Crippen molar-refractivity contribution in [2.24, 2.45) is 0 Å². The van der Waals surface area contributed by atoms with Crippen LogP contribution in [0.4, 0.5) is 0 Å². The molecule has 1 heterocycles. The van der Waals surface area contributed by atoms with Gasteiger partial charge in [0, 0.05) is 6.54 Å². The predicted octanol–water partition coefficient (Wildman–Crippen LogP) is 2.92. The summed E-state index contributed by atoms with van der Waals surface area (Å²) in [6.45, 7) is 1.61. The van der Waals surface area contributed by atoms with Crippen LogP contribution in [0, 0.1) is 0 Å². The third kappa shape index (κ3) is 2.32. The van der Waals surface area contributed by atoms with E-state index < -0.39 is 5.60 Å². The highest BCUT2D eigenvalue weighted by Crippen LogP contribution is 2.34. The fourth-order valence-corrected chi connectivity index (χ4v) is 3.43. The van der Waals surface area contributed by atoms with Gasteiger partial charge in [-0.1, -0.05) is 43.5 Å². The van der Waals surface area contributed by atoms with Gasteiger partial charge in [0.25, 0.3) is 0 Å². The molecule has 1 aromatic rings. The highest BCUT2D eigenvalue weighted by Gasteiger charge is 2.32. The highest BCUT2D eigenvalue weighted by atomic mass is 16.3. The van der Waals surface area contributed by atoms with E-state index in [1.54, 1.807) is 0 Å². The van der Waals surface area contributed by atoms with E-state index in [0.717, 1.165) is 24.4 Å². The largest absolute Gasteiger partial charge is 0.384 e. The van der Waals surface area contributed by atoms with Gasteiger partial charge in [-0.25, -0.2) is 0 Å². The van der Waals surface area contributed by atoms with E-state index in [0.29, 0.717) is 6.54 Å². The smallest absolute Gasteiger partial charge is 0.103 e. The van der Waals surface area contributed by atoms with Crippen molar-refractivity contribution >= 4 is 0 Å². The summed E-state index contributed by atoms with van der Waals surface area (Å²) < 4.78 is 0. The van der Waals surface area contributed by atoms with Gasteiger partial charge >= 0.3 is 0 Å². The number of hydrogen-bond acceptors (Lipinski definition) is 2. The second kappa shape index (κ2) is 5.02. The fourth-order valence-electron chi connectivity index (χ4n) is 3.43. The number of β-amino-alcohol motifs (C(OH)–C–C–N with tert-alkyl or cyclic N) is 1. The van der Waals surface area contributed by atoms with E-state index in [1.807, 2.05) is 0 Å². The van der Waals surface area contributed by atoms with Crippen molar-refractivity contribution in [3.05, 3.63) is 35.4 Å². The van der Waals surface area contributed by atoms with Crippen molar-refractivity contribution in [2.75, 3.05) is 13.1 Å². The first kappa shape index (κ1) is 12.2. The van der Waals surface area contributed by atoms with Crippen LogP contribution in [0.2, 0.25) is 0 Å². The second-order valence-electron chi connectivity index (χ2n) is 5.92. The standard InChI is InChI=1S/C16H23NO/c18-16(10-11-17-12-16)15-8-6-14(7-9-15)13-4-2-1-3-5-13/h6-9,13,17-18H,1-5,10-12H2. The molecule has 2 nitrogen and oxygen atoms in total. The zero-order valence-corrected chi connectivity index (χ0v) is 11.0. The van der Waals surface area contributed by atoms with Gasteiger partial charge in [-0.05, 0) is 42.9 Å². The van der Waals surface area contributed by atoms with Crippen molar-refractivity contribution in [3.63, 3.8) is 0 Å². The zero-order valence-electron chi connectivity index (χ0n) is 11.0. The summed E-state index contributed by atoms with van der Waals surface area (Å²) in [5.74, 6) is 0.754. The third-order valence-electron chi connectivity index (χ3n) is 4.66. The summed E-state index contributed by atoms with van der Waals surface area (Å²) in [5, 5.41) is 13.7. The summed E-state index contributed by atoms with van der Waals surface area (Å²) in [6, 6.07) is 8.75. The van der Waals surface area contributed by atoms with E-state index in [2.05, 4.69) is 29.6 Å². The second-order valence-corrected chi connectivity index (χ2v) is 5.92. The van der Waals surface area contributed by atoms with Gasteiger partial charge in [0.05, 0.1) is 0 Å². The van der Waals surface area contributed by atoms with Gasteiger partial charge in [0.1, 0.15) is 5.60 Å². The summed E-state index contributed by atoms with van der Waals surface area (Å²) >= 11 is 0. The number of hydrogen-bond donors (Lipinski definition) is 2. The summed E-state index contributed by atoms with van der Waals surface area (Å²) in [6.07, 6.45) is 7.66. The van der Waals surface area contributed by atoms with Gasteiger partial charge in [-0.3, -0.25) is 0 Å². The molecule has 1 aliphatic carbocycles. The molecule has 2 aliphatic rings. The molecule has 2 N–H and O–H groups in total. The van der Waals surface area contributed by atoms with E-state index in [4.69, 9.17) is 0 Å². The summed E-state index contributed by atoms with van der Waals surface area (Å²) in [7, 11) is 0. The quantitative estimate of drug-likeness (QED) is 0.839. The first-order chi connectivity index (χ1) is 8.78. The summed E-state index contributed by atoms with van der Waals surface area (Å²) in [4.78, 5) is 0. The number of nitrogens with one attached hydrogen (secondary N) is 1. The average Bonchev–Trinajstić information content (AvgIpc) is 2.88. The number of rotatable bonds is 2. The molecule has 0 amide bonds. The molecule has 98 valence electrons. The van der Waals surface area contributed by atoms with Gasteiger partial charge in [-0.15, -0.1) is 0 Å². The molecule has 2 heteroatoms. The Morgan fingerprint density at radius 3 is 2.39 bits per heavy atom. The average molecular weight is 245 g/mol. The molecule has 2 fully saturated rings. The lowest BCUT2D eigenvalue weighted by Gasteiger charge is -2.25. The summed E-state index contributed by atoms with van der Waals surface area (Å²) in [5.41, 5.74) is 1.91. The first-order valence-corrected chi connectivity index (χ1v) is 7.31. The maximum absolute atomic E-state index is 10.5. The maximum Gasteiger partial charge on any atom is 0.103 e. The van der Waals surface area contributed by atoms with E-state index in [1.165, 1.54) is 37.7 Å². The minimum Gasteiger partial charge on any atom is -0.384 e. The van der Waals surface area contributed by atoms with Crippen LogP contribution in [-0.4, -0.2) is 18.2 Å². The van der Waals surface area contributed by atoms with Crippen LogP contribution < -0.4 is 5.32 Å². The lowest BCUT2D eigenvalue weighted by atomic mass is 9.83. The molecular weight excluding hydrogens is 222 g/mol.